The van der Waals surface area contributed by atoms with E-state index in [1.165, 1.54) is 0 Å². The molecule has 0 aliphatic carbocycles. The molecule has 1 aromatic carbocycles. The molecule has 0 N–H and O–H groups in total. The Labute approximate surface area is 132 Å². The predicted molar refractivity (Wildman–Crippen MR) is 82.5 cm³/mol. The van der Waals surface area contributed by atoms with Crippen molar-refractivity contribution in [1.82, 2.24) is 9.97 Å². The third-order valence-electron chi connectivity index (χ3n) is 2.73. The van der Waals surface area contributed by atoms with Gasteiger partial charge in [-0.25, -0.2) is 9.97 Å². The summed E-state index contributed by atoms with van der Waals surface area (Å²) in [6.07, 6.45) is -0.261. The summed E-state index contributed by atoms with van der Waals surface area (Å²) in [5, 5.41) is 1.17. The second-order valence-electron chi connectivity index (χ2n) is 4.15. The Morgan fingerprint density at radius 2 is 1.80 bits per heavy atom. The number of aromatic nitrogens is 2. The van der Waals surface area contributed by atoms with Gasteiger partial charge in [0.25, 0.3) is 0 Å². The molecule has 0 saturated heterocycles. The fourth-order valence-corrected chi connectivity index (χ4v) is 2.62. The van der Waals surface area contributed by atoms with Gasteiger partial charge in [-0.15, -0.1) is 0 Å². The molecular weight excluding hydrogens is 319 g/mol. The van der Waals surface area contributed by atoms with Crippen LogP contribution >= 0.6 is 34.8 Å². The highest BCUT2D eigenvalue weighted by atomic mass is 35.5. The van der Waals surface area contributed by atoms with E-state index >= 15 is 0 Å². The number of benzene rings is 1. The van der Waals surface area contributed by atoms with Gasteiger partial charge < -0.3 is 4.74 Å². The van der Waals surface area contributed by atoms with Crippen LogP contribution in [-0.2, 0) is 4.74 Å². The molecule has 1 aromatic heterocycles. The molecular formula is C14H13Cl3N2O. The first kappa shape index (κ1) is 15.5. The molecule has 0 amide bonds. The Morgan fingerprint density at radius 3 is 2.35 bits per heavy atom. The lowest BCUT2D eigenvalue weighted by atomic mass is 10.1. The first-order valence-electron chi connectivity index (χ1n) is 6.13. The second kappa shape index (κ2) is 6.72. The quantitative estimate of drug-likeness (QED) is 0.722. The molecule has 0 aliphatic rings. The predicted octanol–water partition coefficient (Wildman–Crippen LogP) is 5.20. The van der Waals surface area contributed by atoms with Gasteiger partial charge in [0.05, 0.1) is 5.56 Å². The summed E-state index contributed by atoms with van der Waals surface area (Å²) in [5.74, 6) is 0.465. The van der Waals surface area contributed by atoms with E-state index in [2.05, 4.69) is 9.97 Å². The first-order chi connectivity index (χ1) is 9.52. The van der Waals surface area contributed by atoms with Crippen molar-refractivity contribution in [1.29, 1.82) is 0 Å². The van der Waals surface area contributed by atoms with Gasteiger partial charge in [-0.05, 0) is 31.5 Å². The minimum atomic E-state index is -0.261. The third kappa shape index (κ3) is 3.41. The van der Waals surface area contributed by atoms with Gasteiger partial charge in [-0.3, -0.25) is 0 Å². The van der Waals surface area contributed by atoms with Crippen molar-refractivity contribution in [3.8, 4) is 11.1 Å². The highest BCUT2D eigenvalue weighted by Crippen LogP contribution is 2.34. The molecule has 0 radical (unpaired) electrons. The van der Waals surface area contributed by atoms with Crippen LogP contribution in [0.5, 0.6) is 0 Å². The van der Waals surface area contributed by atoms with Crippen molar-refractivity contribution in [2.75, 3.05) is 6.61 Å². The summed E-state index contributed by atoms with van der Waals surface area (Å²) in [6.45, 7) is 4.32. The summed E-state index contributed by atoms with van der Waals surface area (Å²) in [4.78, 5) is 8.52. The maximum atomic E-state index is 6.23. The minimum Gasteiger partial charge on any atom is -0.371 e. The van der Waals surface area contributed by atoms with Crippen LogP contribution in [0.4, 0.5) is 0 Å². The average molecular weight is 332 g/mol. The van der Waals surface area contributed by atoms with E-state index in [1.54, 1.807) is 12.1 Å². The monoisotopic (exact) mass is 330 g/mol. The molecule has 2 aromatic rings. The fourth-order valence-electron chi connectivity index (χ4n) is 1.81. The summed E-state index contributed by atoms with van der Waals surface area (Å²) >= 11 is 18.4. The Hall–Kier alpha value is -0.870. The molecule has 20 heavy (non-hydrogen) atoms. The summed E-state index contributed by atoms with van der Waals surface area (Å²) in [6, 6.07) is 7.22. The zero-order chi connectivity index (χ0) is 14.7. The molecule has 0 saturated carbocycles. The van der Waals surface area contributed by atoms with E-state index in [0.717, 1.165) is 5.56 Å². The lowest BCUT2D eigenvalue weighted by Gasteiger charge is -2.13. The number of ether oxygens (including phenoxy) is 1. The number of hydrogen-bond donors (Lipinski definition) is 0. The Kier molecular flexibility index (Phi) is 5.22. The maximum absolute atomic E-state index is 6.23. The van der Waals surface area contributed by atoms with Crippen molar-refractivity contribution in [3.63, 3.8) is 0 Å². The zero-order valence-electron chi connectivity index (χ0n) is 11.0. The molecule has 2 rings (SSSR count). The van der Waals surface area contributed by atoms with Crippen molar-refractivity contribution < 1.29 is 4.74 Å². The molecule has 1 heterocycles. The van der Waals surface area contributed by atoms with E-state index < -0.39 is 0 Å². The highest BCUT2D eigenvalue weighted by molar-refractivity contribution is 6.38. The molecule has 1 atom stereocenters. The molecule has 6 heteroatoms. The summed E-state index contributed by atoms with van der Waals surface area (Å²) in [5.41, 5.74) is 1.35. The van der Waals surface area contributed by atoms with Crippen LogP contribution in [0.3, 0.4) is 0 Å². The van der Waals surface area contributed by atoms with Crippen LogP contribution < -0.4 is 0 Å². The summed E-state index contributed by atoms with van der Waals surface area (Å²) in [7, 11) is 0. The van der Waals surface area contributed by atoms with Gasteiger partial charge in [0.15, 0.2) is 5.82 Å². The number of rotatable bonds is 4. The van der Waals surface area contributed by atoms with Gasteiger partial charge in [0.2, 0.25) is 0 Å². The topological polar surface area (TPSA) is 35.0 Å². The van der Waals surface area contributed by atoms with Gasteiger partial charge in [0, 0.05) is 11.6 Å². The average Bonchev–Trinajstić information content (AvgIpc) is 2.38. The van der Waals surface area contributed by atoms with Crippen LogP contribution in [-0.4, -0.2) is 16.6 Å². The van der Waals surface area contributed by atoms with Crippen LogP contribution in [0.25, 0.3) is 11.1 Å². The van der Waals surface area contributed by atoms with Crippen LogP contribution in [0.1, 0.15) is 25.8 Å². The SMILES string of the molecule is CCOC(C)c1nc(Cl)c(-c2cccc(Cl)c2)c(Cl)n1. The van der Waals surface area contributed by atoms with E-state index in [0.29, 0.717) is 23.0 Å². The van der Waals surface area contributed by atoms with Crippen LogP contribution in [0.2, 0.25) is 15.3 Å². The second-order valence-corrected chi connectivity index (χ2v) is 5.30. The Balaban J connectivity index is 2.46. The van der Waals surface area contributed by atoms with Gasteiger partial charge in [-0.1, -0.05) is 46.9 Å². The summed E-state index contributed by atoms with van der Waals surface area (Å²) < 4.78 is 5.44. The van der Waals surface area contributed by atoms with Crippen LogP contribution in [0, 0.1) is 0 Å². The maximum Gasteiger partial charge on any atom is 0.160 e. The smallest absolute Gasteiger partial charge is 0.160 e. The standard InChI is InChI=1S/C14H13Cl3N2O/c1-3-20-8(2)14-18-12(16)11(13(17)19-14)9-5-4-6-10(15)7-9/h4-8H,3H2,1-2H3. The van der Waals surface area contributed by atoms with Crippen LogP contribution in [0.15, 0.2) is 24.3 Å². The highest BCUT2D eigenvalue weighted by Gasteiger charge is 2.17. The third-order valence-corrected chi connectivity index (χ3v) is 3.51. The Bertz CT molecular complexity index is 596. The van der Waals surface area contributed by atoms with E-state index in [9.17, 15) is 0 Å². The van der Waals surface area contributed by atoms with Crippen molar-refractivity contribution in [2.24, 2.45) is 0 Å². The van der Waals surface area contributed by atoms with Gasteiger partial charge in [0.1, 0.15) is 16.4 Å². The molecule has 3 nitrogen and oxygen atoms in total. The van der Waals surface area contributed by atoms with Crippen molar-refractivity contribution in [2.45, 2.75) is 20.0 Å². The largest absolute Gasteiger partial charge is 0.371 e. The number of nitrogens with zero attached hydrogens (tertiary/aromatic N) is 2. The normalized spacial score (nSPS) is 12.4. The molecule has 1 unspecified atom stereocenters. The van der Waals surface area contributed by atoms with E-state index in [-0.39, 0.29) is 16.4 Å². The zero-order valence-corrected chi connectivity index (χ0v) is 13.3. The van der Waals surface area contributed by atoms with E-state index in [4.69, 9.17) is 39.5 Å². The van der Waals surface area contributed by atoms with Crippen molar-refractivity contribution >= 4 is 34.8 Å². The number of hydrogen-bond acceptors (Lipinski definition) is 3. The van der Waals surface area contributed by atoms with E-state index in [1.807, 2.05) is 26.0 Å². The minimum absolute atomic E-state index is 0.261. The molecule has 0 bridgehead atoms. The van der Waals surface area contributed by atoms with Gasteiger partial charge in [-0.2, -0.15) is 0 Å². The lowest BCUT2D eigenvalue weighted by Crippen LogP contribution is -2.06. The Morgan fingerprint density at radius 1 is 1.15 bits per heavy atom. The molecule has 0 aliphatic heterocycles. The molecule has 106 valence electrons. The molecule has 0 spiro atoms. The fraction of sp³-hybridized carbons (Fsp3) is 0.286. The number of halogens is 3. The van der Waals surface area contributed by atoms with Crippen molar-refractivity contribution in [3.05, 3.63) is 45.4 Å². The molecule has 0 fully saturated rings. The van der Waals surface area contributed by atoms with Gasteiger partial charge >= 0.3 is 0 Å². The lowest BCUT2D eigenvalue weighted by molar-refractivity contribution is 0.0701. The first-order valence-corrected chi connectivity index (χ1v) is 7.26.